The molecule has 0 saturated carbocycles. The highest BCUT2D eigenvalue weighted by Crippen LogP contribution is 2.10. The number of aliphatic carboxylic acids is 1. The van der Waals surface area contributed by atoms with Gasteiger partial charge in [0.2, 0.25) is 0 Å². The third-order valence-corrected chi connectivity index (χ3v) is 7.07. The smallest absolute Gasteiger partial charge is 0.305 e. The number of hydrogen-bond acceptors (Lipinski definition) is 4. The Morgan fingerprint density at radius 2 is 1.24 bits per heavy atom. The van der Waals surface area contributed by atoms with E-state index >= 15 is 0 Å². The predicted octanol–water partition coefficient (Wildman–Crippen LogP) is 8.38. The zero-order chi connectivity index (χ0) is 27.2. The average molecular weight is 525 g/mol. The molecule has 1 unspecified atom stereocenters. The molecule has 5 nitrogen and oxygen atoms in total. The Bertz CT molecular complexity index is 490. The number of carboxylic acid groups (broad SMARTS) is 1. The van der Waals surface area contributed by atoms with E-state index in [1.54, 1.807) is 0 Å². The second-order valence-corrected chi connectivity index (χ2v) is 10.8. The van der Waals surface area contributed by atoms with Gasteiger partial charge in [0.15, 0.2) is 0 Å². The molecule has 0 aromatic heterocycles. The van der Waals surface area contributed by atoms with Gasteiger partial charge >= 0.3 is 5.97 Å². The Morgan fingerprint density at radius 3 is 1.78 bits per heavy atom. The number of carboxylic acids is 1. The number of unbranched alkanes of at least 4 members (excludes halogenated alkanes) is 14. The van der Waals surface area contributed by atoms with Crippen LogP contribution in [-0.4, -0.2) is 61.4 Å². The second kappa shape index (κ2) is 29.6. The first-order valence-electron chi connectivity index (χ1n) is 16.0. The van der Waals surface area contributed by atoms with Crippen molar-refractivity contribution < 1.29 is 14.6 Å². The van der Waals surface area contributed by atoms with Gasteiger partial charge in [-0.2, -0.15) is 0 Å². The van der Waals surface area contributed by atoms with Crippen LogP contribution >= 0.6 is 0 Å². The van der Waals surface area contributed by atoms with Gasteiger partial charge in [-0.25, -0.2) is 0 Å². The van der Waals surface area contributed by atoms with Crippen molar-refractivity contribution in [2.24, 2.45) is 0 Å². The zero-order valence-electron chi connectivity index (χ0n) is 25.1. The van der Waals surface area contributed by atoms with Gasteiger partial charge in [0.25, 0.3) is 0 Å². The standard InChI is InChI=1S/C32H64N2O3/c1-4-7-10-11-12-13-14-15-16-17-18-19-20-21-22-23-24-33-31(29-32(35)36)30-37-28-27-34(25-8-5-2)26-9-6-3/h15-16,31,33H,4-14,17-30H2,1-3H3,(H,35,36)/b16-15-. The van der Waals surface area contributed by atoms with Crippen LogP contribution in [0.2, 0.25) is 0 Å². The van der Waals surface area contributed by atoms with Crippen LogP contribution < -0.4 is 5.32 Å². The van der Waals surface area contributed by atoms with E-state index in [0.717, 1.165) is 32.6 Å². The average Bonchev–Trinajstić information content (AvgIpc) is 2.88. The van der Waals surface area contributed by atoms with Crippen molar-refractivity contribution in [3.05, 3.63) is 12.2 Å². The van der Waals surface area contributed by atoms with Gasteiger partial charge in [0, 0.05) is 12.6 Å². The van der Waals surface area contributed by atoms with Crippen LogP contribution in [0.15, 0.2) is 12.2 Å². The van der Waals surface area contributed by atoms with Gasteiger partial charge in [-0.1, -0.05) is 104 Å². The predicted molar refractivity (Wildman–Crippen MR) is 161 cm³/mol. The topological polar surface area (TPSA) is 61.8 Å². The second-order valence-electron chi connectivity index (χ2n) is 10.8. The van der Waals surface area contributed by atoms with Crippen LogP contribution in [0, 0.1) is 0 Å². The number of allylic oxidation sites excluding steroid dienone is 2. The summed E-state index contributed by atoms with van der Waals surface area (Å²) in [5.74, 6) is -0.755. The van der Waals surface area contributed by atoms with Gasteiger partial charge in [0.05, 0.1) is 19.6 Å². The summed E-state index contributed by atoms with van der Waals surface area (Å²) in [6.07, 6.45) is 28.0. The Kier molecular flexibility index (Phi) is 28.9. The fourth-order valence-corrected chi connectivity index (χ4v) is 4.60. The summed E-state index contributed by atoms with van der Waals surface area (Å²) in [5.41, 5.74) is 0. The molecule has 0 amide bonds. The number of rotatable bonds is 30. The van der Waals surface area contributed by atoms with Gasteiger partial charge < -0.3 is 20.1 Å². The number of ether oxygens (including phenoxy) is 1. The molecule has 2 N–H and O–H groups in total. The minimum atomic E-state index is -0.755. The lowest BCUT2D eigenvalue weighted by Crippen LogP contribution is -2.37. The van der Waals surface area contributed by atoms with Crippen molar-refractivity contribution in [2.45, 2.75) is 149 Å². The number of hydrogen-bond donors (Lipinski definition) is 2. The summed E-state index contributed by atoms with van der Waals surface area (Å²) in [6.45, 7) is 12.0. The molecule has 0 saturated heterocycles. The molecule has 220 valence electrons. The summed E-state index contributed by atoms with van der Waals surface area (Å²) in [4.78, 5) is 13.7. The lowest BCUT2D eigenvalue weighted by molar-refractivity contribution is -0.138. The highest BCUT2D eigenvalue weighted by atomic mass is 16.5. The maximum Gasteiger partial charge on any atom is 0.305 e. The minimum absolute atomic E-state index is 0.0969. The Morgan fingerprint density at radius 1 is 0.730 bits per heavy atom. The molecular formula is C32H64N2O3. The zero-order valence-corrected chi connectivity index (χ0v) is 25.1. The summed E-state index contributed by atoms with van der Waals surface area (Å²) in [6, 6.07) is -0.0969. The molecule has 0 spiro atoms. The van der Waals surface area contributed by atoms with Crippen LogP contribution in [0.4, 0.5) is 0 Å². The maximum absolute atomic E-state index is 11.3. The van der Waals surface area contributed by atoms with Crippen molar-refractivity contribution >= 4 is 5.97 Å². The third-order valence-electron chi connectivity index (χ3n) is 7.07. The van der Waals surface area contributed by atoms with Crippen LogP contribution in [0.1, 0.15) is 143 Å². The van der Waals surface area contributed by atoms with Crippen molar-refractivity contribution in [1.82, 2.24) is 10.2 Å². The highest BCUT2D eigenvalue weighted by Gasteiger charge is 2.13. The lowest BCUT2D eigenvalue weighted by atomic mass is 10.1. The minimum Gasteiger partial charge on any atom is -0.481 e. The summed E-state index contributed by atoms with van der Waals surface area (Å²) >= 11 is 0. The van der Waals surface area contributed by atoms with Crippen molar-refractivity contribution in [1.29, 1.82) is 0 Å². The van der Waals surface area contributed by atoms with Crippen LogP contribution in [0.25, 0.3) is 0 Å². The summed E-state index contributed by atoms with van der Waals surface area (Å²) < 4.78 is 5.90. The van der Waals surface area contributed by atoms with E-state index in [4.69, 9.17) is 4.74 Å². The Hall–Kier alpha value is -0.910. The first-order valence-corrected chi connectivity index (χ1v) is 16.0. The molecule has 0 fully saturated rings. The van der Waals surface area contributed by atoms with E-state index in [-0.39, 0.29) is 12.5 Å². The summed E-state index contributed by atoms with van der Waals surface area (Å²) in [7, 11) is 0. The van der Waals surface area contributed by atoms with Crippen molar-refractivity contribution in [2.75, 3.05) is 39.4 Å². The molecule has 0 radical (unpaired) electrons. The van der Waals surface area contributed by atoms with E-state index in [9.17, 15) is 9.90 Å². The van der Waals surface area contributed by atoms with Gasteiger partial charge in [-0.15, -0.1) is 0 Å². The number of nitrogens with one attached hydrogen (secondary N) is 1. The van der Waals surface area contributed by atoms with E-state index in [1.165, 1.54) is 109 Å². The Balaban J connectivity index is 3.75. The lowest BCUT2D eigenvalue weighted by Gasteiger charge is -2.23. The molecule has 0 rings (SSSR count). The maximum atomic E-state index is 11.3. The molecule has 1 atom stereocenters. The van der Waals surface area contributed by atoms with Gasteiger partial charge in [-0.05, 0) is 64.6 Å². The fourth-order valence-electron chi connectivity index (χ4n) is 4.60. The van der Waals surface area contributed by atoms with Crippen LogP contribution in [0.3, 0.4) is 0 Å². The van der Waals surface area contributed by atoms with E-state index in [2.05, 4.69) is 43.1 Å². The van der Waals surface area contributed by atoms with Crippen molar-refractivity contribution in [3.8, 4) is 0 Å². The Labute approximate surface area is 231 Å². The number of nitrogens with zero attached hydrogens (tertiary/aromatic N) is 1. The molecule has 0 aliphatic rings. The monoisotopic (exact) mass is 524 g/mol. The molecule has 0 heterocycles. The molecule has 0 aromatic rings. The van der Waals surface area contributed by atoms with Crippen LogP contribution in [0.5, 0.6) is 0 Å². The molecule has 0 aliphatic heterocycles. The molecule has 0 aromatic carbocycles. The molecule has 0 aliphatic carbocycles. The third kappa shape index (κ3) is 27.9. The molecule has 0 bridgehead atoms. The summed E-state index contributed by atoms with van der Waals surface area (Å²) in [5, 5.41) is 12.7. The number of carbonyl (C=O) groups is 1. The van der Waals surface area contributed by atoms with E-state index < -0.39 is 5.97 Å². The van der Waals surface area contributed by atoms with Crippen LogP contribution in [-0.2, 0) is 9.53 Å². The first-order chi connectivity index (χ1) is 18.1. The molecule has 5 heteroatoms. The normalized spacial score (nSPS) is 12.6. The first kappa shape index (κ1) is 36.1. The molecular weight excluding hydrogens is 460 g/mol. The quantitative estimate of drug-likeness (QED) is 0.0730. The van der Waals surface area contributed by atoms with Crippen molar-refractivity contribution in [3.63, 3.8) is 0 Å². The van der Waals surface area contributed by atoms with E-state index in [0.29, 0.717) is 13.2 Å². The fraction of sp³-hybridized carbons (Fsp3) is 0.906. The highest BCUT2D eigenvalue weighted by molar-refractivity contribution is 5.67. The van der Waals surface area contributed by atoms with E-state index in [1.807, 2.05) is 0 Å². The largest absolute Gasteiger partial charge is 0.481 e. The SMILES string of the molecule is CCCCCCCC/C=C\CCCCCCCCNC(COCCN(CCCC)CCCC)CC(=O)O. The molecule has 37 heavy (non-hydrogen) atoms. The van der Waals surface area contributed by atoms with Gasteiger partial charge in [-0.3, -0.25) is 4.79 Å². The van der Waals surface area contributed by atoms with Gasteiger partial charge in [0.1, 0.15) is 0 Å².